The second-order valence-electron chi connectivity index (χ2n) is 11.1. The van der Waals surface area contributed by atoms with E-state index in [-0.39, 0.29) is 35.8 Å². The van der Waals surface area contributed by atoms with E-state index in [2.05, 4.69) is 10.6 Å². The van der Waals surface area contributed by atoms with Gasteiger partial charge in [0.05, 0.1) is 17.4 Å². The molecule has 5 fully saturated rings. The van der Waals surface area contributed by atoms with Crippen LogP contribution in [0.5, 0.6) is 0 Å². The maximum absolute atomic E-state index is 13.8. The van der Waals surface area contributed by atoms with E-state index in [9.17, 15) is 14.4 Å². The molecule has 3 heterocycles. The van der Waals surface area contributed by atoms with Crippen molar-refractivity contribution in [3.8, 4) is 0 Å². The molecular formula is C25H35N3O4. The molecule has 32 heavy (non-hydrogen) atoms. The fraction of sp³-hybridized carbons (Fsp3) is 0.800. The molecule has 3 saturated carbocycles. The van der Waals surface area contributed by atoms with Gasteiger partial charge in [-0.05, 0) is 45.4 Å². The van der Waals surface area contributed by atoms with Gasteiger partial charge in [0.2, 0.25) is 17.7 Å². The van der Waals surface area contributed by atoms with E-state index in [4.69, 9.17) is 4.74 Å². The lowest BCUT2D eigenvalue weighted by atomic mass is 9.70. The molecule has 7 heteroatoms. The van der Waals surface area contributed by atoms with Crippen molar-refractivity contribution in [3.05, 3.63) is 12.2 Å². The molecule has 2 saturated heterocycles. The van der Waals surface area contributed by atoms with Crippen LogP contribution in [-0.4, -0.2) is 58.0 Å². The molecule has 0 unspecified atom stereocenters. The second kappa shape index (κ2) is 7.31. The van der Waals surface area contributed by atoms with Crippen LogP contribution >= 0.6 is 0 Å². The molecule has 3 aliphatic carbocycles. The summed E-state index contributed by atoms with van der Waals surface area (Å²) >= 11 is 0. The Bertz CT molecular complexity index is 857. The number of fused-ring (bicyclic) bond motifs is 1. The first-order valence-corrected chi connectivity index (χ1v) is 12.8. The number of carbonyl (C=O) groups excluding carboxylic acids is 3. The summed E-state index contributed by atoms with van der Waals surface area (Å²) in [5, 5.41) is 6.46. The van der Waals surface area contributed by atoms with Gasteiger partial charge in [-0.3, -0.25) is 14.4 Å². The summed E-state index contributed by atoms with van der Waals surface area (Å²) in [6.07, 6.45) is 15.4. The number of nitrogens with one attached hydrogen (secondary N) is 2. The minimum absolute atomic E-state index is 0.0732. The van der Waals surface area contributed by atoms with E-state index in [1.807, 2.05) is 19.1 Å². The highest BCUT2D eigenvalue weighted by Crippen LogP contribution is 2.61. The molecule has 1 spiro atoms. The Balaban J connectivity index is 1.31. The van der Waals surface area contributed by atoms with Gasteiger partial charge in [-0.25, -0.2) is 0 Å². The number of hydrogen-bond acceptors (Lipinski definition) is 4. The highest BCUT2D eigenvalue weighted by molar-refractivity contribution is 6.00. The fourth-order valence-corrected chi connectivity index (χ4v) is 7.20. The smallest absolute Gasteiger partial charge is 0.246 e. The lowest BCUT2D eigenvalue weighted by Crippen LogP contribution is -2.56. The van der Waals surface area contributed by atoms with Crippen LogP contribution in [0.25, 0.3) is 0 Å². The maximum Gasteiger partial charge on any atom is 0.246 e. The first kappa shape index (κ1) is 20.7. The lowest BCUT2D eigenvalue weighted by molar-refractivity contribution is -0.146. The predicted octanol–water partition coefficient (Wildman–Crippen LogP) is 2.20. The zero-order chi connectivity index (χ0) is 22.1. The standard InChI is InChI=1S/C25H35N3O4/c1-24-13-14-25(32-24)19(18(24)21(29)26-15-7-3-2-4-8-15)23(31)28(17-11-12-17)20(25)22(30)27-16-9-5-6-10-16/h13-20H,2-12H2,1H3,(H,26,29)(H,27,30)/t18-,19+,20-,24-,25+/m1/s1. The number of amides is 3. The first-order valence-electron chi connectivity index (χ1n) is 12.8. The van der Waals surface area contributed by atoms with Crippen molar-refractivity contribution < 1.29 is 19.1 Å². The zero-order valence-electron chi connectivity index (χ0n) is 19.0. The van der Waals surface area contributed by atoms with Crippen molar-refractivity contribution in [2.24, 2.45) is 11.8 Å². The molecule has 6 aliphatic rings. The van der Waals surface area contributed by atoms with Gasteiger partial charge in [-0.2, -0.15) is 0 Å². The Labute approximate surface area is 189 Å². The first-order chi connectivity index (χ1) is 15.4. The molecule has 174 valence electrons. The molecule has 5 atom stereocenters. The summed E-state index contributed by atoms with van der Waals surface area (Å²) in [6, 6.07) is -0.236. The van der Waals surface area contributed by atoms with Gasteiger partial charge < -0.3 is 20.3 Å². The predicted molar refractivity (Wildman–Crippen MR) is 117 cm³/mol. The number of likely N-dealkylation sites (tertiary alicyclic amines) is 1. The third-order valence-corrected chi connectivity index (χ3v) is 8.86. The van der Waals surface area contributed by atoms with Crippen molar-refractivity contribution in [3.63, 3.8) is 0 Å². The normalized spacial score (nSPS) is 41.3. The summed E-state index contributed by atoms with van der Waals surface area (Å²) in [5.41, 5.74) is -1.88. The van der Waals surface area contributed by atoms with E-state index >= 15 is 0 Å². The largest absolute Gasteiger partial charge is 0.356 e. The van der Waals surface area contributed by atoms with E-state index in [0.717, 1.165) is 64.2 Å². The van der Waals surface area contributed by atoms with Crippen LogP contribution in [-0.2, 0) is 19.1 Å². The highest BCUT2D eigenvalue weighted by atomic mass is 16.5. The monoisotopic (exact) mass is 441 g/mol. The molecule has 2 N–H and O–H groups in total. The van der Waals surface area contributed by atoms with Crippen LogP contribution in [0.3, 0.4) is 0 Å². The minimum atomic E-state index is -1.04. The van der Waals surface area contributed by atoms with E-state index < -0.39 is 29.1 Å². The summed E-state index contributed by atoms with van der Waals surface area (Å²) in [4.78, 5) is 42.7. The Morgan fingerprint density at radius 2 is 1.50 bits per heavy atom. The molecule has 0 aromatic rings. The summed E-state index contributed by atoms with van der Waals surface area (Å²) in [7, 11) is 0. The third-order valence-electron chi connectivity index (χ3n) is 8.86. The van der Waals surface area contributed by atoms with E-state index in [0.29, 0.717) is 0 Å². The van der Waals surface area contributed by atoms with Crippen molar-refractivity contribution in [1.29, 1.82) is 0 Å². The molecular weight excluding hydrogens is 406 g/mol. The van der Waals surface area contributed by atoms with Crippen LogP contribution in [0.1, 0.15) is 77.6 Å². The highest BCUT2D eigenvalue weighted by Gasteiger charge is 2.77. The van der Waals surface area contributed by atoms with Gasteiger partial charge >= 0.3 is 0 Å². The lowest BCUT2D eigenvalue weighted by Gasteiger charge is -2.34. The number of rotatable bonds is 5. The third kappa shape index (κ3) is 2.99. The van der Waals surface area contributed by atoms with Crippen molar-refractivity contribution in [1.82, 2.24) is 15.5 Å². The minimum Gasteiger partial charge on any atom is -0.356 e. The Morgan fingerprint density at radius 1 is 0.906 bits per heavy atom. The Hall–Kier alpha value is -1.89. The molecule has 7 nitrogen and oxygen atoms in total. The average molecular weight is 442 g/mol. The van der Waals surface area contributed by atoms with Gasteiger partial charge in [0.1, 0.15) is 11.6 Å². The van der Waals surface area contributed by atoms with Crippen molar-refractivity contribution in [2.75, 3.05) is 0 Å². The second-order valence-corrected chi connectivity index (χ2v) is 11.1. The van der Waals surface area contributed by atoms with Crippen LogP contribution < -0.4 is 10.6 Å². The Morgan fingerprint density at radius 3 is 2.12 bits per heavy atom. The number of nitrogens with zero attached hydrogens (tertiary/aromatic N) is 1. The average Bonchev–Trinajstić information content (AvgIpc) is 3.13. The van der Waals surface area contributed by atoms with Gasteiger partial charge in [0.15, 0.2) is 0 Å². The summed E-state index contributed by atoms with van der Waals surface area (Å²) in [6.45, 7) is 1.91. The number of ether oxygens (including phenoxy) is 1. The molecule has 0 radical (unpaired) electrons. The van der Waals surface area contributed by atoms with Crippen LogP contribution in [0.15, 0.2) is 12.2 Å². The summed E-state index contributed by atoms with van der Waals surface area (Å²) < 4.78 is 6.58. The van der Waals surface area contributed by atoms with Crippen LogP contribution in [0, 0.1) is 11.8 Å². The fourth-order valence-electron chi connectivity index (χ4n) is 7.20. The topological polar surface area (TPSA) is 87.7 Å². The molecule has 3 amide bonds. The summed E-state index contributed by atoms with van der Waals surface area (Å²) in [5.74, 6) is -1.48. The van der Waals surface area contributed by atoms with Gasteiger partial charge in [-0.15, -0.1) is 0 Å². The SMILES string of the molecule is C[C@]12C=C[C@]3(O1)[C@H](C(=O)N(C1CC1)[C@@H]3C(=O)NC1CCCC1)[C@@H]2C(=O)NC1CCCCC1. The van der Waals surface area contributed by atoms with E-state index in [1.54, 1.807) is 4.90 Å². The van der Waals surface area contributed by atoms with Crippen molar-refractivity contribution >= 4 is 17.7 Å². The maximum atomic E-state index is 13.8. The molecule has 0 aromatic carbocycles. The van der Waals surface area contributed by atoms with Crippen LogP contribution in [0.2, 0.25) is 0 Å². The van der Waals surface area contributed by atoms with Crippen LogP contribution in [0.4, 0.5) is 0 Å². The van der Waals surface area contributed by atoms with E-state index in [1.165, 1.54) is 6.42 Å². The molecule has 2 bridgehead atoms. The quantitative estimate of drug-likeness (QED) is 0.641. The van der Waals surface area contributed by atoms with Gasteiger partial charge in [0, 0.05) is 18.1 Å². The van der Waals surface area contributed by atoms with Crippen molar-refractivity contribution in [2.45, 2.75) is 113 Å². The van der Waals surface area contributed by atoms with Gasteiger partial charge in [-0.1, -0.05) is 44.3 Å². The number of carbonyl (C=O) groups is 3. The molecule has 0 aromatic heterocycles. The Kier molecular flexibility index (Phi) is 4.73. The zero-order valence-corrected chi connectivity index (χ0v) is 19.0. The molecule has 6 rings (SSSR count). The number of hydrogen-bond donors (Lipinski definition) is 2. The molecule has 3 aliphatic heterocycles. The van der Waals surface area contributed by atoms with Gasteiger partial charge in [0.25, 0.3) is 0 Å².